The Hall–Kier alpha value is -1.32. The van der Waals surface area contributed by atoms with Crippen molar-refractivity contribution >= 4 is 27.3 Å². The fourth-order valence-electron chi connectivity index (χ4n) is 2.19. The molecule has 0 spiro atoms. The van der Waals surface area contributed by atoms with Gasteiger partial charge in [-0.15, -0.1) is 0 Å². The third-order valence-corrected chi connectivity index (χ3v) is 4.17. The van der Waals surface area contributed by atoms with Crippen LogP contribution in [0.25, 0.3) is 0 Å². The SMILES string of the molecule is CCC(N)Cc1ccc(N(C)c2ccccc2)c(Br)c1. The molecule has 106 valence electrons. The van der Waals surface area contributed by atoms with Crippen LogP contribution in [0.3, 0.4) is 0 Å². The molecular weight excluding hydrogens is 312 g/mol. The molecule has 0 aromatic heterocycles. The van der Waals surface area contributed by atoms with Crippen molar-refractivity contribution < 1.29 is 0 Å². The number of halogens is 1. The first-order chi connectivity index (χ1) is 9.61. The fraction of sp³-hybridized carbons (Fsp3) is 0.294. The maximum atomic E-state index is 6.02. The summed E-state index contributed by atoms with van der Waals surface area (Å²) in [7, 11) is 2.08. The lowest BCUT2D eigenvalue weighted by atomic mass is 10.0. The van der Waals surface area contributed by atoms with Crippen LogP contribution in [-0.2, 0) is 6.42 Å². The van der Waals surface area contributed by atoms with Crippen LogP contribution in [0.5, 0.6) is 0 Å². The van der Waals surface area contributed by atoms with E-state index in [1.165, 1.54) is 11.3 Å². The van der Waals surface area contributed by atoms with E-state index in [1.807, 2.05) is 18.2 Å². The summed E-state index contributed by atoms with van der Waals surface area (Å²) in [6, 6.07) is 17.1. The molecule has 3 heteroatoms. The van der Waals surface area contributed by atoms with Crippen LogP contribution in [0.2, 0.25) is 0 Å². The Bertz CT molecular complexity index is 554. The minimum atomic E-state index is 0.236. The molecule has 2 aromatic carbocycles. The van der Waals surface area contributed by atoms with Gasteiger partial charge in [0.2, 0.25) is 0 Å². The Morgan fingerprint density at radius 2 is 1.85 bits per heavy atom. The molecule has 2 aromatic rings. The van der Waals surface area contributed by atoms with Gasteiger partial charge < -0.3 is 10.6 Å². The monoisotopic (exact) mass is 332 g/mol. The van der Waals surface area contributed by atoms with Gasteiger partial charge in [0.15, 0.2) is 0 Å². The molecule has 0 aliphatic carbocycles. The quantitative estimate of drug-likeness (QED) is 0.873. The number of hydrogen-bond donors (Lipinski definition) is 1. The van der Waals surface area contributed by atoms with Crippen LogP contribution in [-0.4, -0.2) is 13.1 Å². The molecule has 0 saturated carbocycles. The lowest BCUT2D eigenvalue weighted by Crippen LogP contribution is -2.21. The highest BCUT2D eigenvalue weighted by molar-refractivity contribution is 9.10. The van der Waals surface area contributed by atoms with Gasteiger partial charge in [0, 0.05) is 23.2 Å². The Morgan fingerprint density at radius 3 is 2.45 bits per heavy atom. The number of hydrogen-bond acceptors (Lipinski definition) is 2. The molecule has 1 unspecified atom stereocenters. The fourth-order valence-corrected chi connectivity index (χ4v) is 2.88. The predicted octanol–water partition coefficient (Wildman–Crippen LogP) is 4.50. The van der Waals surface area contributed by atoms with E-state index < -0.39 is 0 Å². The van der Waals surface area contributed by atoms with Crippen LogP contribution < -0.4 is 10.6 Å². The van der Waals surface area contributed by atoms with Crippen LogP contribution in [0.4, 0.5) is 11.4 Å². The molecule has 2 nitrogen and oxygen atoms in total. The van der Waals surface area contributed by atoms with Crippen molar-refractivity contribution in [3.63, 3.8) is 0 Å². The molecule has 0 heterocycles. The zero-order valence-corrected chi connectivity index (χ0v) is 13.6. The van der Waals surface area contributed by atoms with Gasteiger partial charge in [-0.3, -0.25) is 0 Å². The third-order valence-electron chi connectivity index (χ3n) is 3.54. The van der Waals surface area contributed by atoms with Crippen molar-refractivity contribution in [2.24, 2.45) is 5.73 Å². The van der Waals surface area contributed by atoms with Crippen molar-refractivity contribution in [2.45, 2.75) is 25.8 Å². The molecule has 2 N–H and O–H groups in total. The minimum absolute atomic E-state index is 0.236. The van der Waals surface area contributed by atoms with Crippen molar-refractivity contribution in [1.82, 2.24) is 0 Å². The third kappa shape index (κ3) is 3.62. The highest BCUT2D eigenvalue weighted by Crippen LogP contribution is 2.31. The van der Waals surface area contributed by atoms with Crippen molar-refractivity contribution in [3.8, 4) is 0 Å². The van der Waals surface area contributed by atoms with E-state index in [0.29, 0.717) is 0 Å². The van der Waals surface area contributed by atoms with Crippen LogP contribution >= 0.6 is 15.9 Å². The van der Waals surface area contributed by atoms with Crippen LogP contribution in [0.1, 0.15) is 18.9 Å². The van der Waals surface area contributed by atoms with E-state index in [-0.39, 0.29) is 6.04 Å². The molecule has 0 amide bonds. The average Bonchev–Trinajstić information content (AvgIpc) is 2.47. The molecule has 0 saturated heterocycles. The first-order valence-electron chi connectivity index (χ1n) is 6.94. The number of rotatable bonds is 5. The predicted molar refractivity (Wildman–Crippen MR) is 90.6 cm³/mol. The van der Waals surface area contributed by atoms with Gasteiger partial charge in [0.25, 0.3) is 0 Å². The lowest BCUT2D eigenvalue weighted by molar-refractivity contribution is 0.646. The van der Waals surface area contributed by atoms with Gasteiger partial charge in [0.1, 0.15) is 0 Å². The van der Waals surface area contributed by atoms with Crippen LogP contribution in [0, 0.1) is 0 Å². The van der Waals surface area contributed by atoms with Gasteiger partial charge >= 0.3 is 0 Å². The first kappa shape index (κ1) is 15.1. The summed E-state index contributed by atoms with van der Waals surface area (Å²) in [5, 5.41) is 0. The Labute approximate surface area is 129 Å². The zero-order valence-electron chi connectivity index (χ0n) is 12.0. The molecular formula is C17H21BrN2. The van der Waals surface area contributed by atoms with E-state index in [1.54, 1.807) is 0 Å². The lowest BCUT2D eigenvalue weighted by Gasteiger charge is -2.21. The van der Waals surface area contributed by atoms with Gasteiger partial charge in [-0.1, -0.05) is 31.2 Å². The number of anilines is 2. The van der Waals surface area contributed by atoms with E-state index >= 15 is 0 Å². The standard InChI is InChI=1S/C17H21BrN2/c1-3-14(19)11-13-9-10-17(16(18)12-13)20(2)15-7-5-4-6-8-15/h4-10,12,14H,3,11,19H2,1-2H3. The Kier molecular flexibility index (Phi) is 5.21. The van der Waals surface area contributed by atoms with E-state index in [0.717, 1.165) is 23.0 Å². The topological polar surface area (TPSA) is 29.3 Å². The summed E-state index contributed by atoms with van der Waals surface area (Å²) < 4.78 is 1.10. The zero-order chi connectivity index (χ0) is 14.5. The highest BCUT2D eigenvalue weighted by atomic mass is 79.9. The molecule has 0 aliphatic rings. The Morgan fingerprint density at radius 1 is 1.15 bits per heavy atom. The smallest absolute Gasteiger partial charge is 0.0552 e. The molecule has 0 aliphatic heterocycles. The van der Waals surface area contributed by atoms with Crippen molar-refractivity contribution in [3.05, 3.63) is 58.6 Å². The second-order valence-corrected chi connectivity index (χ2v) is 5.91. The summed E-state index contributed by atoms with van der Waals surface area (Å²) in [6.45, 7) is 2.12. The maximum Gasteiger partial charge on any atom is 0.0552 e. The number of nitrogens with two attached hydrogens (primary N) is 1. The molecule has 0 radical (unpaired) electrons. The molecule has 0 fully saturated rings. The summed E-state index contributed by atoms with van der Waals surface area (Å²) in [4.78, 5) is 2.17. The normalized spacial score (nSPS) is 12.2. The summed E-state index contributed by atoms with van der Waals surface area (Å²) in [5.41, 5.74) is 9.62. The molecule has 0 bridgehead atoms. The molecule has 20 heavy (non-hydrogen) atoms. The van der Waals surface area contributed by atoms with Gasteiger partial charge in [-0.2, -0.15) is 0 Å². The second-order valence-electron chi connectivity index (χ2n) is 5.05. The Balaban J connectivity index is 2.21. The van der Waals surface area contributed by atoms with E-state index in [4.69, 9.17) is 5.73 Å². The number of benzene rings is 2. The number of nitrogens with zero attached hydrogens (tertiary/aromatic N) is 1. The van der Waals surface area contributed by atoms with Crippen molar-refractivity contribution in [1.29, 1.82) is 0 Å². The van der Waals surface area contributed by atoms with Crippen molar-refractivity contribution in [2.75, 3.05) is 11.9 Å². The summed E-state index contributed by atoms with van der Waals surface area (Å²) in [6.07, 6.45) is 1.92. The largest absolute Gasteiger partial charge is 0.344 e. The molecule has 1 atom stereocenters. The van der Waals surface area contributed by atoms with E-state index in [9.17, 15) is 0 Å². The first-order valence-corrected chi connectivity index (χ1v) is 7.74. The van der Waals surface area contributed by atoms with Gasteiger partial charge in [0.05, 0.1) is 5.69 Å². The second kappa shape index (κ2) is 6.91. The van der Waals surface area contributed by atoms with Gasteiger partial charge in [-0.25, -0.2) is 0 Å². The summed E-state index contributed by atoms with van der Waals surface area (Å²) >= 11 is 3.67. The molecule has 2 rings (SSSR count). The van der Waals surface area contributed by atoms with E-state index in [2.05, 4.69) is 65.1 Å². The van der Waals surface area contributed by atoms with Gasteiger partial charge in [-0.05, 0) is 58.6 Å². The minimum Gasteiger partial charge on any atom is -0.344 e. The maximum absolute atomic E-state index is 6.02. The average molecular weight is 333 g/mol. The highest BCUT2D eigenvalue weighted by Gasteiger charge is 2.09. The van der Waals surface area contributed by atoms with Crippen LogP contribution in [0.15, 0.2) is 53.0 Å². The summed E-state index contributed by atoms with van der Waals surface area (Å²) in [5.74, 6) is 0. The number of para-hydroxylation sites is 1.